The van der Waals surface area contributed by atoms with Crippen molar-refractivity contribution in [1.82, 2.24) is 0 Å². The second-order valence-electron chi connectivity index (χ2n) is 14.6. The van der Waals surface area contributed by atoms with E-state index in [4.69, 9.17) is 0 Å². The molecule has 0 bridgehead atoms. The molecule has 0 fully saturated rings. The number of nitrogens with zero attached hydrogens (tertiary/aromatic N) is 1. The molecule has 8 aromatic rings. The van der Waals surface area contributed by atoms with Gasteiger partial charge in [-0.1, -0.05) is 159 Å². The molecule has 1 aliphatic carbocycles. The van der Waals surface area contributed by atoms with Gasteiger partial charge in [0.25, 0.3) is 0 Å². The Bertz CT molecular complexity index is 2730. The molecule has 0 saturated carbocycles. The van der Waals surface area contributed by atoms with Gasteiger partial charge >= 0.3 is 0 Å². The average molecular weight is 652 g/mol. The van der Waals surface area contributed by atoms with Crippen LogP contribution in [0.25, 0.3) is 78.2 Å². The van der Waals surface area contributed by atoms with Crippen LogP contribution in [0.3, 0.4) is 0 Å². The summed E-state index contributed by atoms with van der Waals surface area (Å²) in [6, 6.07) is 58.6. The summed E-state index contributed by atoms with van der Waals surface area (Å²) in [6.07, 6.45) is 4.49. The lowest BCUT2D eigenvalue weighted by Gasteiger charge is -2.24. The summed E-state index contributed by atoms with van der Waals surface area (Å²) >= 11 is 0. The molecular formula is C50H37N. The van der Waals surface area contributed by atoms with Crippen LogP contribution in [0.5, 0.6) is 0 Å². The van der Waals surface area contributed by atoms with E-state index in [0.29, 0.717) is 0 Å². The topological polar surface area (TPSA) is 3.24 Å². The molecule has 0 aromatic heterocycles. The molecule has 8 aromatic carbocycles. The normalized spacial score (nSPS) is 13.8. The quantitative estimate of drug-likeness (QED) is 0.172. The first-order chi connectivity index (χ1) is 25.0. The van der Waals surface area contributed by atoms with Crippen LogP contribution in [0, 0.1) is 0 Å². The van der Waals surface area contributed by atoms with Crippen molar-refractivity contribution in [1.29, 1.82) is 0 Å². The fraction of sp³-hybridized carbons (Fsp3) is 0.0800. The van der Waals surface area contributed by atoms with Crippen LogP contribution in [-0.4, -0.2) is 7.05 Å². The molecular weight excluding hydrogens is 615 g/mol. The summed E-state index contributed by atoms with van der Waals surface area (Å²) in [5, 5.41) is 5.07. The van der Waals surface area contributed by atoms with E-state index >= 15 is 0 Å². The molecule has 0 saturated heterocycles. The minimum atomic E-state index is -0.0797. The first kappa shape index (κ1) is 29.7. The highest BCUT2D eigenvalue weighted by atomic mass is 15.1. The molecule has 1 heteroatoms. The van der Waals surface area contributed by atoms with Gasteiger partial charge in [-0.05, 0) is 113 Å². The predicted octanol–water partition coefficient (Wildman–Crippen LogP) is 13.6. The number of para-hydroxylation sites is 1. The monoisotopic (exact) mass is 651 g/mol. The van der Waals surface area contributed by atoms with Crippen molar-refractivity contribution in [2.45, 2.75) is 19.3 Å². The minimum absolute atomic E-state index is 0.0797. The highest BCUT2D eigenvalue weighted by Gasteiger charge is 2.35. The average Bonchev–Trinajstić information content (AvgIpc) is 3.31. The van der Waals surface area contributed by atoms with Crippen LogP contribution in [-0.2, 0) is 5.41 Å². The number of fused-ring (bicyclic) bond motifs is 7. The molecule has 0 amide bonds. The number of hydrogen-bond donors (Lipinski definition) is 0. The first-order valence-electron chi connectivity index (χ1n) is 17.9. The lowest BCUT2D eigenvalue weighted by molar-refractivity contribution is 0.660. The highest BCUT2D eigenvalue weighted by molar-refractivity contribution is 6.22. The molecule has 1 aliphatic heterocycles. The van der Waals surface area contributed by atoms with E-state index in [2.05, 4.69) is 196 Å². The summed E-state index contributed by atoms with van der Waals surface area (Å²) < 4.78 is 0. The van der Waals surface area contributed by atoms with Crippen molar-refractivity contribution in [2.24, 2.45) is 0 Å². The van der Waals surface area contributed by atoms with E-state index in [1.54, 1.807) is 0 Å². The third kappa shape index (κ3) is 4.48. The molecule has 1 nitrogen and oxygen atoms in total. The number of anilines is 2. The Morgan fingerprint density at radius 3 is 1.80 bits per heavy atom. The van der Waals surface area contributed by atoms with Crippen LogP contribution >= 0.6 is 0 Å². The number of hydrogen-bond acceptors (Lipinski definition) is 1. The molecule has 2 aliphatic rings. The van der Waals surface area contributed by atoms with Gasteiger partial charge in [0, 0.05) is 23.8 Å². The SMILES string of the molecule is CN1c2ccccc2C=Cc2ccc(-c3c4ccccc4c(-c4ccc5c(c4)C(C)(C)c4ccccc4-5)c4cc(-c5ccccc5)ccc34)cc21. The summed E-state index contributed by atoms with van der Waals surface area (Å²) in [5.41, 5.74) is 17.8. The van der Waals surface area contributed by atoms with Crippen molar-refractivity contribution < 1.29 is 0 Å². The van der Waals surface area contributed by atoms with Gasteiger partial charge in [-0.3, -0.25) is 0 Å². The Morgan fingerprint density at radius 2 is 0.980 bits per heavy atom. The maximum Gasteiger partial charge on any atom is 0.0488 e. The highest BCUT2D eigenvalue weighted by Crippen LogP contribution is 2.52. The Hall–Kier alpha value is -6.18. The largest absolute Gasteiger partial charge is 0.344 e. The van der Waals surface area contributed by atoms with Crippen molar-refractivity contribution in [2.75, 3.05) is 11.9 Å². The summed E-state index contributed by atoms with van der Waals surface area (Å²) in [6.45, 7) is 4.74. The molecule has 51 heavy (non-hydrogen) atoms. The van der Waals surface area contributed by atoms with E-state index in [0.717, 1.165) is 0 Å². The van der Waals surface area contributed by atoms with Crippen molar-refractivity contribution in [3.8, 4) is 44.5 Å². The maximum absolute atomic E-state index is 2.48. The van der Waals surface area contributed by atoms with Crippen LogP contribution in [0.1, 0.15) is 36.1 Å². The van der Waals surface area contributed by atoms with Gasteiger partial charge in [0.1, 0.15) is 0 Å². The summed E-state index contributed by atoms with van der Waals surface area (Å²) in [4.78, 5) is 2.34. The van der Waals surface area contributed by atoms with Crippen molar-refractivity contribution >= 4 is 45.1 Å². The van der Waals surface area contributed by atoms with Gasteiger partial charge in [-0.15, -0.1) is 0 Å². The zero-order chi connectivity index (χ0) is 34.3. The van der Waals surface area contributed by atoms with Crippen LogP contribution in [0.4, 0.5) is 11.4 Å². The number of rotatable bonds is 3. The molecule has 242 valence electrons. The first-order valence-corrected chi connectivity index (χ1v) is 17.9. The van der Waals surface area contributed by atoms with Gasteiger partial charge in [0.05, 0.1) is 0 Å². The Balaban J connectivity index is 1.26. The van der Waals surface area contributed by atoms with Gasteiger partial charge in [-0.2, -0.15) is 0 Å². The zero-order valence-corrected chi connectivity index (χ0v) is 29.1. The fourth-order valence-electron chi connectivity index (χ4n) is 8.84. The standard InChI is InChI=1S/C50H37N/c1-50(2)44-19-11-10-16-38(44)39-27-26-36(30-45(39)50)49-41-18-9-8-17-40(41)48(42-28-25-35(29-43(42)49)32-13-5-4-6-14-32)37-24-23-34-22-21-33-15-7-12-20-46(33)51(3)47(34)31-37/h4-31H,1-3H3. The smallest absolute Gasteiger partial charge is 0.0488 e. The van der Waals surface area contributed by atoms with Gasteiger partial charge in [0.15, 0.2) is 0 Å². The fourth-order valence-corrected chi connectivity index (χ4v) is 8.84. The lowest BCUT2D eigenvalue weighted by Crippen LogP contribution is -2.14. The third-order valence-corrected chi connectivity index (χ3v) is 11.4. The van der Waals surface area contributed by atoms with Crippen LogP contribution in [0.2, 0.25) is 0 Å². The molecule has 0 N–H and O–H groups in total. The van der Waals surface area contributed by atoms with Crippen LogP contribution < -0.4 is 4.90 Å². The van der Waals surface area contributed by atoms with E-state index in [1.165, 1.54) is 99.7 Å². The van der Waals surface area contributed by atoms with E-state index < -0.39 is 0 Å². The molecule has 0 radical (unpaired) electrons. The Labute approximate surface area is 299 Å². The van der Waals surface area contributed by atoms with E-state index in [9.17, 15) is 0 Å². The van der Waals surface area contributed by atoms with Gasteiger partial charge < -0.3 is 4.90 Å². The van der Waals surface area contributed by atoms with E-state index in [-0.39, 0.29) is 5.41 Å². The number of benzene rings is 8. The zero-order valence-electron chi connectivity index (χ0n) is 29.1. The Morgan fingerprint density at radius 1 is 0.392 bits per heavy atom. The molecule has 0 atom stereocenters. The van der Waals surface area contributed by atoms with Crippen LogP contribution in [0.15, 0.2) is 158 Å². The van der Waals surface area contributed by atoms with Crippen molar-refractivity contribution in [3.63, 3.8) is 0 Å². The van der Waals surface area contributed by atoms with Crippen molar-refractivity contribution in [3.05, 3.63) is 180 Å². The van der Waals surface area contributed by atoms with Gasteiger partial charge in [0.2, 0.25) is 0 Å². The van der Waals surface area contributed by atoms with E-state index in [1.807, 2.05) is 0 Å². The summed E-state index contributed by atoms with van der Waals surface area (Å²) in [7, 11) is 2.19. The minimum Gasteiger partial charge on any atom is -0.344 e. The van der Waals surface area contributed by atoms with Gasteiger partial charge in [-0.25, -0.2) is 0 Å². The summed E-state index contributed by atoms with van der Waals surface area (Å²) in [5.74, 6) is 0. The second-order valence-corrected chi connectivity index (χ2v) is 14.6. The molecule has 0 unspecified atom stereocenters. The molecule has 10 rings (SSSR count). The third-order valence-electron chi connectivity index (χ3n) is 11.4. The second kappa shape index (κ2) is 11.2. The Kier molecular flexibility index (Phi) is 6.51. The predicted molar refractivity (Wildman–Crippen MR) is 219 cm³/mol. The molecule has 1 heterocycles. The molecule has 0 spiro atoms. The maximum atomic E-state index is 2.48. The lowest BCUT2D eigenvalue weighted by atomic mass is 9.80.